The summed E-state index contributed by atoms with van der Waals surface area (Å²) in [6.45, 7) is 3.87. The molecule has 2 N–H and O–H groups in total. The van der Waals surface area contributed by atoms with Gasteiger partial charge in [0, 0.05) is 40.2 Å². The molecule has 5 nitrogen and oxygen atoms in total. The quantitative estimate of drug-likeness (QED) is 0.694. The van der Waals surface area contributed by atoms with Crippen LogP contribution < -0.4 is 5.73 Å². The van der Waals surface area contributed by atoms with Crippen LogP contribution in [0.25, 0.3) is 0 Å². The second-order valence-electron chi connectivity index (χ2n) is 6.29. The molecule has 0 aliphatic rings. The van der Waals surface area contributed by atoms with Gasteiger partial charge in [-0.25, -0.2) is 9.97 Å². The zero-order chi connectivity index (χ0) is 18.7. The Balaban J connectivity index is 2.02. The number of pyridine rings is 1. The second-order valence-corrected chi connectivity index (χ2v) is 7.21. The Bertz CT molecular complexity index is 878. The van der Waals surface area contributed by atoms with E-state index in [9.17, 15) is 4.79 Å². The molecule has 0 saturated carbocycles. The maximum atomic E-state index is 11.6. The van der Waals surface area contributed by atoms with E-state index in [0.29, 0.717) is 12.0 Å². The van der Waals surface area contributed by atoms with Gasteiger partial charge in [0.1, 0.15) is 5.82 Å². The number of amides is 1. The summed E-state index contributed by atoms with van der Waals surface area (Å²) in [4.78, 5) is 24.8. The SMILES string of the molecule is Cc1ccc(C(Cc2cc(Br)cc(C(N)=O)c2)c2cnc(C)nc2)nc1. The lowest BCUT2D eigenvalue weighted by Crippen LogP contribution is -2.13. The number of hydrogen-bond acceptors (Lipinski definition) is 4. The Morgan fingerprint density at radius 3 is 2.42 bits per heavy atom. The number of halogens is 1. The number of aryl methyl sites for hydroxylation is 2. The highest BCUT2D eigenvalue weighted by atomic mass is 79.9. The van der Waals surface area contributed by atoms with Gasteiger partial charge in [-0.15, -0.1) is 0 Å². The van der Waals surface area contributed by atoms with Crippen LogP contribution in [0, 0.1) is 13.8 Å². The third-order valence-corrected chi connectivity index (χ3v) is 4.63. The van der Waals surface area contributed by atoms with Gasteiger partial charge in [0.05, 0.1) is 0 Å². The van der Waals surface area contributed by atoms with Crippen molar-refractivity contribution in [1.29, 1.82) is 0 Å². The summed E-state index contributed by atoms with van der Waals surface area (Å²) < 4.78 is 0.819. The molecule has 0 aliphatic carbocycles. The van der Waals surface area contributed by atoms with E-state index in [4.69, 9.17) is 5.73 Å². The summed E-state index contributed by atoms with van der Waals surface area (Å²) in [5, 5.41) is 0. The standard InChI is InChI=1S/C20H19BrN4O/c1-12-3-4-19(25-9-12)18(16-10-23-13(2)24-11-16)7-14-5-15(20(22)26)8-17(21)6-14/h3-6,8-11,18H,7H2,1-2H3,(H2,22,26). The number of carbonyl (C=O) groups is 1. The summed E-state index contributed by atoms with van der Waals surface area (Å²) >= 11 is 3.45. The van der Waals surface area contributed by atoms with Crippen LogP contribution in [0.1, 0.15) is 44.5 Å². The first-order valence-electron chi connectivity index (χ1n) is 8.23. The predicted octanol–water partition coefficient (Wildman–Crippen LogP) is 3.72. The van der Waals surface area contributed by atoms with Crippen LogP contribution in [0.4, 0.5) is 0 Å². The maximum absolute atomic E-state index is 11.6. The van der Waals surface area contributed by atoms with Gasteiger partial charge in [-0.05, 0) is 61.2 Å². The lowest BCUT2D eigenvalue weighted by Gasteiger charge is -2.17. The average Bonchev–Trinajstić information content (AvgIpc) is 2.61. The third kappa shape index (κ3) is 4.32. The van der Waals surface area contributed by atoms with Crippen LogP contribution in [-0.4, -0.2) is 20.9 Å². The number of aromatic nitrogens is 3. The Hall–Kier alpha value is -2.60. The summed E-state index contributed by atoms with van der Waals surface area (Å²) in [7, 11) is 0. The number of rotatable bonds is 5. The summed E-state index contributed by atoms with van der Waals surface area (Å²) in [6, 6.07) is 9.60. The zero-order valence-electron chi connectivity index (χ0n) is 14.6. The van der Waals surface area contributed by atoms with Gasteiger partial charge in [0.2, 0.25) is 5.91 Å². The van der Waals surface area contributed by atoms with Gasteiger partial charge < -0.3 is 5.73 Å². The van der Waals surface area contributed by atoms with Gasteiger partial charge in [-0.3, -0.25) is 9.78 Å². The number of hydrogen-bond donors (Lipinski definition) is 1. The molecule has 2 aromatic heterocycles. The van der Waals surface area contributed by atoms with E-state index in [1.165, 1.54) is 0 Å². The molecule has 0 saturated heterocycles. The summed E-state index contributed by atoms with van der Waals surface area (Å²) in [5.74, 6) is 0.255. The van der Waals surface area contributed by atoms with Crippen molar-refractivity contribution in [3.05, 3.63) is 87.2 Å². The Morgan fingerprint density at radius 2 is 1.81 bits per heavy atom. The lowest BCUT2D eigenvalue weighted by atomic mass is 9.89. The minimum absolute atomic E-state index is 0.0220. The Labute approximate surface area is 160 Å². The van der Waals surface area contributed by atoms with Crippen molar-refractivity contribution in [2.45, 2.75) is 26.2 Å². The number of primary amides is 1. The fourth-order valence-corrected chi connectivity index (χ4v) is 3.35. The Morgan fingerprint density at radius 1 is 1.08 bits per heavy atom. The van der Waals surface area contributed by atoms with Crippen LogP contribution in [0.5, 0.6) is 0 Å². The molecule has 1 atom stereocenters. The number of benzene rings is 1. The molecule has 1 unspecified atom stereocenters. The maximum Gasteiger partial charge on any atom is 0.248 e. The molecule has 26 heavy (non-hydrogen) atoms. The number of nitrogens with zero attached hydrogens (tertiary/aromatic N) is 3. The van der Waals surface area contributed by atoms with E-state index in [1.807, 2.05) is 56.7 Å². The van der Waals surface area contributed by atoms with Crippen molar-refractivity contribution in [2.75, 3.05) is 0 Å². The molecule has 3 rings (SSSR count). The highest BCUT2D eigenvalue weighted by Gasteiger charge is 2.18. The average molecular weight is 411 g/mol. The molecule has 0 radical (unpaired) electrons. The highest BCUT2D eigenvalue weighted by molar-refractivity contribution is 9.10. The summed E-state index contributed by atoms with van der Waals surface area (Å²) in [5.41, 5.74) is 9.93. The van der Waals surface area contributed by atoms with Gasteiger partial charge >= 0.3 is 0 Å². The topological polar surface area (TPSA) is 81.8 Å². The van der Waals surface area contributed by atoms with Gasteiger partial charge in [-0.1, -0.05) is 22.0 Å². The number of nitrogens with two attached hydrogens (primary N) is 1. The molecule has 3 aromatic rings. The first kappa shape index (κ1) is 18.2. The van der Waals surface area contributed by atoms with Crippen molar-refractivity contribution in [2.24, 2.45) is 5.73 Å². The van der Waals surface area contributed by atoms with Gasteiger partial charge in [0.15, 0.2) is 0 Å². The van der Waals surface area contributed by atoms with Crippen LogP contribution in [0.15, 0.2) is 53.4 Å². The largest absolute Gasteiger partial charge is 0.366 e. The first-order chi connectivity index (χ1) is 12.4. The van der Waals surface area contributed by atoms with E-state index in [-0.39, 0.29) is 5.92 Å². The molecule has 1 aromatic carbocycles. The fraction of sp³-hybridized carbons (Fsp3) is 0.200. The van der Waals surface area contributed by atoms with Crippen LogP contribution >= 0.6 is 15.9 Å². The van der Waals surface area contributed by atoms with Crippen LogP contribution in [-0.2, 0) is 6.42 Å². The van der Waals surface area contributed by atoms with Crippen molar-refractivity contribution in [3.8, 4) is 0 Å². The van der Waals surface area contributed by atoms with Crippen LogP contribution in [0.2, 0.25) is 0 Å². The van der Waals surface area contributed by atoms with E-state index >= 15 is 0 Å². The van der Waals surface area contributed by atoms with Crippen molar-refractivity contribution in [3.63, 3.8) is 0 Å². The Kier molecular flexibility index (Phi) is 5.42. The molecule has 0 bridgehead atoms. The molecule has 6 heteroatoms. The molecule has 0 aliphatic heterocycles. The smallest absolute Gasteiger partial charge is 0.248 e. The molecule has 2 heterocycles. The van der Waals surface area contributed by atoms with E-state index in [2.05, 4.69) is 30.9 Å². The van der Waals surface area contributed by atoms with Crippen molar-refractivity contribution in [1.82, 2.24) is 15.0 Å². The number of carbonyl (C=O) groups excluding carboxylic acids is 1. The van der Waals surface area contributed by atoms with Gasteiger partial charge in [0.25, 0.3) is 0 Å². The zero-order valence-corrected chi connectivity index (χ0v) is 16.2. The molecule has 132 valence electrons. The monoisotopic (exact) mass is 410 g/mol. The molecule has 1 amide bonds. The minimum atomic E-state index is -0.448. The van der Waals surface area contributed by atoms with E-state index in [1.54, 1.807) is 6.07 Å². The molecule has 0 fully saturated rings. The predicted molar refractivity (Wildman–Crippen MR) is 104 cm³/mol. The van der Waals surface area contributed by atoms with Crippen molar-refractivity contribution >= 4 is 21.8 Å². The third-order valence-electron chi connectivity index (χ3n) is 4.18. The highest BCUT2D eigenvalue weighted by Crippen LogP contribution is 2.28. The summed E-state index contributed by atoms with van der Waals surface area (Å²) in [6.07, 6.45) is 6.18. The van der Waals surface area contributed by atoms with Crippen molar-refractivity contribution < 1.29 is 4.79 Å². The van der Waals surface area contributed by atoms with E-state index in [0.717, 1.165) is 32.7 Å². The van der Waals surface area contributed by atoms with Gasteiger partial charge in [-0.2, -0.15) is 0 Å². The normalized spacial score (nSPS) is 12.0. The molecular formula is C20H19BrN4O. The molecular weight excluding hydrogens is 392 g/mol. The lowest BCUT2D eigenvalue weighted by molar-refractivity contribution is 0.1000. The minimum Gasteiger partial charge on any atom is -0.366 e. The van der Waals surface area contributed by atoms with E-state index < -0.39 is 5.91 Å². The van der Waals surface area contributed by atoms with Crippen LogP contribution in [0.3, 0.4) is 0 Å². The second kappa shape index (κ2) is 7.74. The first-order valence-corrected chi connectivity index (χ1v) is 9.02. The molecule has 0 spiro atoms. The fourth-order valence-electron chi connectivity index (χ4n) is 2.81.